The Hall–Kier alpha value is -2.13. The minimum absolute atomic E-state index is 0.00238. The first-order valence-corrected chi connectivity index (χ1v) is 11.4. The first-order chi connectivity index (χ1) is 14.2. The van der Waals surface area contributed by atoms with Gasteiger partial charge in [-0.15, -0.1) is 0 Å². The lowest BCUT2D eigenvalue weighted by Gasteiger charge is -2.15. The summed E-state index contributed by atoms with van der Waals surface area (Å²) in [4.78, 5) is 8.50. The standard InChI is InChI=1S/C20H21Cl2N3O4S/c1-13(2)19-20(30(27,28)29-17-10-15(21)9-16(22)11-17)25(18(24-19)5-8-26)12-14-3-6-23-7-4-14/h3-4,6-7,9-11,13,26H,5,8,12H2,1-2H3. The Kier molecular flexibility index (Phi) is 7.02. The molecule has 0 saturated carbocycles. The van der Waals surface area contributed by atoms with Gasteiger partial charge in [0.25, 0.3) is 0 Å². The normalized spacial score (nSPS) is 11.8. The molecule has 0 unspecified atom stereocenters. The fraction of sp³-hybridized carbons (Fsp3) is 0.300. The third kappa shape index (κ3) is 5.13. The number of halogens is 2. The van der Waals surface area contributed by atoms with Crippen LogP contribution in [0.25, 0.3) is 0 Å². The number of hydrogen-bond donors (Lipinski definition) is 1. The van der Waals surface area contributed by atoms with Gasteiger partial charge in [-0.05, 0) is 29.7 Å². The highest BCUT2D eigenvalue weighted by Crippen LogP contribution is 2.31. The van der Waals surface area contributed by atoms with E-state index >= 15 is 0 Å². The zero-order chi connectivity index (χ0) is 21.9. The summed E-state index contributed by atoms with van der Waals surface area (Å²) in [6.45, 7) is 3.75. The van der Waals surface area contributed by atoms with Crippen LogP contribution in [-0.4, -0.2) is 34.7 Å². The van der Waals surface area contributed by atoms with Gasteiger partial charge in [-0.2, -0.15) is 8.42 Å². The highest BCUT2D eigenvalue weighted by Gasteiger charge is 2.31. The van der Waals surface area contributed by atoms with E-state index in [1.54, 1.807) is 29.1 Å². The van der Waals surface area contributed by atoms with Crippen molar-refractivity contribution in [3.63, 3.8) is 0 Å². The molecular weight excluding hydrogens is 449 g/mol. The molecule has 0 amide bonds. The van der Waals surface area contributed by atoms with Gasteiger partial charge >= 0.3 is 10.1 Å². The topological polar surface area (TPSA) is 94.3 Å². The lowest BCUT2D eigenvalue weighted by molar-refractivity contribution is 0.294. The molecular formula is C20H21Cl2N3O4S. The minimum Gasteiger partial charge on any atom is -0.396 e. The van der Waals surface area contributed by atoms with E-state index in [0.29, 0.717) is 11.5 Å². The number of nitrogens with zero attached hydrogens (tertiary/aromatic N) is 3. The number of imidazole rings is 1. The highest BCUT2D eigenvalue weighted by atomic mass is 35.5. The molecule has 1 aromatic carbocycles. The predicted molar refractivity (Wildman–Crippen MR) is 115 cm³/mol. The van der Waals surface area contributed by atoms with E-state index in [0.717, 1.165) is 5.56 Å². The van der Waals surface area contributed by atoms with Gasteiger partial charge in [0.2, 0.25) is 0 Å². The number of hydrogen-bond acceptors (Lipinski definition) is 6. The summed E-state index contributed by atoms with van der Waals surface area (Å²) in [5.74, 6) is 0.254. The molecule has 7 nitrogen and oxygen atoms in total. The van der Waals surface area contributed by atoms with Gasteiger partial charge in [0.1, 0.15) is 11.6 Å². The average Bonchev–Trinajstić information content (AvgIpc) is 3.01. The zero-order valence-corrected chi connectivity index (χ0v) is 18.7. The Bertz CT molecular complexity index is 1110. The Balaban J connectivity index is 2.14. The summed E-state index contributed by atoms with van der Waals surface area (Å²) in [6.07, 6.45) is 3.45. The average molecular weight is 470 g/mol. The molecule has 0 bridgehead atoms. The van der Waals surface area contributed by atoms with Crippen molar-refractivity contribution in [3.05, 3.63) is 69.9 Å². The molecule has 0 atom stereocenters. The van der Waals surface area contributed by atoms with E-state index in [1.807, 2.05) is 13.8 Å². The van der Waals surface area contributed by atoms with Crippen molar-refractivity contribution in [1.29, 1.82) is 0 Å². The second-order valence-electron chi connectivity index (χ2n) is 6.93. The molecule has 1 N–H and O–H groups in total. The molecule has 2 aromatic heterocycles. The fourth-order valence-corrected chi connectivity index (χ4v) is 4.92. The Morgan fingerprint density at radius 2 is 1.77 bits per heavy atom. The summed E-state index contributed by atoms with van der Waals surface area (Å²) < 4.78 is 33.6. The van der Waals surface area contributed by atoms with Gasteiger partial charge < -0.3 is 13.9 Å². The van der Waals surface area contributed by atoms with E-state index in [1.165, 1.54) is 18.2 Å². The quantitative estimate of drug-likeness (QED) is 0.499. The third-order valence-electron chi connectivity index (χ3n) is 4.28. The van der Waals surface area contributed by atoms with Crippen LogP contribution in [0.2, 0.25) is 10.0 Å². The SMILES string of the molecule is CC(C)c1nc(CCO)n(Cc2ccncc2)c1S(=O)(=O)Oc1cc(Cl)cc(Cl)c1. The number of aliphatic hydroxyl groups is 1. The molecule has 2 heterocycles. The molecule has 0 spiro atoms. The van der Waals surface area contributed by atoms with Crippen molar-refractivity contribution in [2.45, 2.75) is 37.8 Å². The molecule has 10 heteroatoms. The molecule has 0 aliphatic heterocycles. The lowest BCUT2D eigenvalue weighted by atomic mass is 10.1. The van der Waals surface area contributed by atoms with Crippen molar-refractivity contribution in [1.82, 2.24) is 14.5 Å². The number of aliphatic hydroxyl groups excluding tert-OH is 1. The second-order valence-corrected chi connectivity index (χ2v) is 9.27. The zero-order valence-electron chi connectivity index (χ0n) is 16.4. The van der Waals surface area contributed by atoms with Crippen LogP contribution >= 0.6 is 23.2 Å². The van der Waals surface area contributed by atoms with Crippen LogP contribution in [0.4, 0.5) is 0 Å². The maximum Gasteiger partial charge on any atom is 0.357 e. The van der Waals surface area contributed by atoms with Crippen LogP contribution < -0.4 is 4.18 Å². The van der Waals surface area contributed by atoms with Crippen molar-refractivity contribution >= 4 is 33.3 Å². The van der Waals surface area contributed by atoms with Crippen molar-refractivity contribution < 1.29 is 17.7 Å². The first-order valence-electron chi connectivity index (χ1n) is 9.21. The Morgan fingerprint density at radius 3 is 2.33 bits per heavy atom. The first kappa shape index (κ1) is 22.6. The molecule has 0 fully saturated rings. The van der Waals surface area contributed by atoms with E-state index in [-0.39, 0.29) is 46.3 Å². The number of pyridine rings is 1. The smallest absolute Gasteiger partial charge is 0.357 e. The van der Waals surface area contributed by atoms with E-state index < -0.39 is 10.1 Å². The van der Waals surface area contributed by atoms with Crippen molar-refractivity contribution in [3.8, 4) is 5.75 Å². The summed E-state index contributed by atoms with van der Waals surface area (Å²) in [6, 6.07) is 7.79. The van der Waals surface area contributed by atoms with Crippen LogP contribution in [0.1, 0.15) is 36.8 Å². The molecule has 0 aliphatic rings. The third-order valence-corrected chi connectivity index (χ3v) is 6.03. The largest absolute Gasteiger partial charge is 0.396 e. The van der Waals surface area contributed by atoms with E-state index in [4.69, 9.17) is 27.4 Å². The Labute approximate surface area is 185 Å². The van der Waals surface area contributed by atoms with Gasteiger partial charge in [0.15, 0.2) is 5.03 Å². The fourth-order valence-electron chi connectivity index (χ4n) is 3.01. The Morgan fingerprint density at radius 1 is 1.13 bits per heavy atom. The van der Waals surface area contributed by atoms with Crippen LogP contribution in [0.3, 0.4) is 0 Å². The molecule has 0 radical (unpaired) electrons. The van der Waals surface area contributed by atoms with Gasteiger partial charge in [-0.25, -0.2) is 4.98 Å². The number of benzene rings is 1. The van der Waals surface area contributed by atoms with E-state index in [2.05, 4.69) is 9.97 Å². The maximum absolute atomic E-state index is 13.3. The predicted octanol–water partition coefficient (Wildman–Crippen LogP) is 4.06. The monoisotopic (exact) mass is 469 g/mol. The van der Waals surface area contributed by atoms with E-state index in [9.17, 15) is 13.5 Å². The highest BCUT2D eigenvalue weighted by molar-refractivity contribution is 7.87. The second kappa shape index (κ2) is 9.34. The molecule has 160 valence electrons. The summed E-state index contributed by atoms with van der Waals surface area (Å²) >= 11 is 12.0. The molecule has 3 rings (SSSR count). The van der Waals surface area contributed by atoms with Gasteiger partial charge in [0.05, 0.1) is 18.8 Å². The van der Waals surface area contributed by atoms with Crippen LogP contribution in [0.15, 0.2) is 47.8 Å². The molecule has 30 heavy (non-hydrogen) atoms. The minimum atomic E-state index is -4.28. The summed E-state index contributed by atoms with van der Waals surface area (Å²) in [5.41, 5.74) is 1.19. The van der Waals surface area contributed by atoms with Crippen molar-refractivity contribution in [2.24, 2.45) is 0 Å². The molecule has 0 aliphatic carbocycles. The van der Waals surface area contributed by atoms with Crippen LogP contribution in [0.5, 0.6) is 5.75 Å². The number of aromatic nitrogens is 3. The van der Waals surface area contributed by atoms with Crippen LogP contribution in [-0.2, 0) is 23.1 Å². The van der Waals surface area contributed by atoms with Gasteiger partial charge in [0, 0.05) is 41.0 Å². The van der Waals surface area contributed by atoms with Crippen molar-refractivity contribution in [2.75, 3.05) is 6.61 Å². The summed E-state index contributed by atoms with van der Waals surface area (Å²) in [5, 5.41) is 9.92. The lowest BCUT2D eigenvalue weighted by Crippen LogP contribution is -2.19. The number of rotatable bonds is 8. The maximum atomic E-state index is 13.3. The van der Waals surface area contributed by atoms with Gasteiger partial charge in [-0.1, -0.05) is 37.0 Å². The summed E-state index contributed by atoms with van der Waals surface area (Å²) in [7, 11) is -4.28. The van der Waals surface area contributed by atoms with Gasteiger partial charge in [-0.3, -0.25) is 4.98 Å². The van der Waals surface area contributed by atoms with Crippen LogP contribution in [0, 0.1) is 0 Å². The molecule has 0 saturated heterocycles. The molecule has 3 aromatic rings.